The van der Waals surface area contributed by atoms with Crippen LogP contribution >= 0.6 is 0 Å². The van der Waals surface area contributed by atoms with Crippen molar-refractivity contribution in [2.75, 3.05) is 32.7 Å². The molecular weight excluding hydrogens is 1030 g/mol. The quantitative estimate of drug-likeness (QED) is 0.0587. The Morgan fingerprint density at radius 3 is 0.548 bits per heavy atom. The first-order valence-electron chi connectivity index (χ1n) is 38.5. The summed E-state index contributed by atoms with van der Waals surface area (Å²) in [5.41, 5.74) is 5.56. The minimum Gasteiger partial charge on any atom is -0.329 e. The van der Waals surface area contributed by atoms with Crippen molar-refractivity contribution in [3.8, 4) is 0 Å². The number of carbonyl (C=O) groups is 4. The van der Waals surface area contributed by atoms with E-state index in [-0.39, 0.29) is 36.7 Å². The standard InChI is InChI=1S/C76H150N4O4/c1-4-7-10-13-16-19-22-25-29-34-39-44-49-54-59-64-73(81)79(74(82)65-60-55-50-45-40-35-30-26-23-20-17-14-11-8-5-2)71-72-80(75(83)66-61-56-51-46-41-36-31-27-24-21-18-15-12-9-6-3)76(84)67-62-57-52-47-42-37-32-28-33-38-43-48-53-58-63-69-78-70-68-77/h78H,4-72,77H2,1-3H3. The first-order valence-corrected chi connectivity index (χ1v) is 38.5. The number of amides is 4. The molecule has 0 aliphatic heterocycles. The predicted octanol–water partition coefficient (Wildman–Crippen LogP) is 23.3. The molecule has 0 bridgehead atoms. The number of nitrogens with zero attached hydrogens (tertiary/aromatic N) is 2. The first-order chi connectivity index (χ1) is 41.4. The van der Waals surface area contributed by atoms with E-state index in [0.717, 1.165) is 96.7 Å². The molecule has 0 aromatic rings. The molecule has 498 valence electrons. The van der Waals surface area contributed by atoms with Gasteiger partial charge in [0, 0.05) is 51.9 Å². The van der Waals surface area contributed by atoms with Crippen LogP contribution in [0.3, 0.4) is 0 Å². The SMILES string of the molecule is CCCCCCCCCCCCCCCCCC(=O)N(CCN(C(=O)CCCCCCCCCCCCCCCCC)C(=O)CCCCCCCCCCCCCCCCCNCCN)C(=O)CCCCCCCCCCCCCCCCC. The summed E-state index contributed by atoms with van der Waals surface area (Å²) in [7, 11) is 0. The molecule has 0 fully saturated rings. The molecule has 8 heteroatoms. The van der Waals surface area contributed by atoms with Crippen LogP contribution < -0.4 is 11.1 Å². The molecule has 0 radical (unpaired) electrons. The van der Waals surface area contributed by atoms with E-state index < -0.39 is 0 Å². The number of rotatable bonds is 71. The lowest BCUT2D eigenvalue weighted by atomic mass is 10.0. The topological polar surface area (TPSA) is 113 Å². The molecule has 8 nitrogen and oxygen atoms in total. The van der Waals surface area contributed by atoms with E-state index in [9.17, 15) is 19.2 Å². The van der Waals surface area contributed by atoms with Crippen LogP contribution in [0.2, 0.25) is 0 Å². The van der Waals surface area contributed by atoms with E-state index in [4.69, 9.17) is 5.73 Å². The van der Waals surface area contributed by atoms with Gasteiger partial charge >= 0.3 is 0 Å². The van der Waals surface area contributed by atoms with Gasteiger partial charge in [-0.05, 0) is 38.6 Å². The van der Waals surface area contributed by atoms with Gasteiger partial charge in [-0.25, -0.2) is 0 Å². The van der Waals surface area contributed by atoms with Gasteiger partial charge in [0.15, 0.2) is 0 Å². The third-order valence-corrected chi connectivity index (χ3v) is 18.3. The van der Waals surface area contributed by atoms with Gasteiger partial charge in [0.2, 0.25) is 23.6 Å². The zero-order valence-corrected chi connectivity index (χ0v) is 57.4. The normalized spacial score (nSPS) is 11.5. The Morgan fingerprint density at radius 2 is 0.381 bits per heavy atom. The molecule has 4 amide bonds. The molecule has 0 aliphatic carbocycles. The van der Waals surface area contributed by atoms with Crippen molar-refractivity contribution < 1.29 is 19.2 Å². The predicted molar refractivity (Wildman–Crippen MR) is 368 cm³/mol. The second-order valence-corrected chi connectivity index (χ2v) is 26.6. The lowest BCUT2D eigenvalue weighted by Gasteiger charge is -2.26. The van der Waals surface area contributed by atoms with Crippen molar-refractivity contribution in [3.63, 3.8) is 0 Å². The Bertz CT molecular complexity index is 1310. The van der Waals surface area contributed by atoms with Crippen LogP contribution in [-0.4, -0.2) is 66.2 Å². The van der Waals surface area contributed by atoms with Gasteiger partial charge < -0.3 is 11.1 Å². The van der Waals surface area contributed by atoms with Gasteiger partial charge in [0.25, 0.3) is 0 Å². The number of hydrogen-bond acceptors (Lipinski definition) is 6. The summed E-state index contributed by atoms with van der Waals surface area (Å²) in [6, 6.07) is 0. The highest BCUT2D eigenvalue weighted by molar-refractivity contribution is 5.97. The number of carbonyl (C=O) groups excluding carboxylic acids is 4. The van der Waals surface area contributed by atoms with Crippen molar-refractivity contribution in [3.05, 3.63) is 0 Å². The molecule has 0 aromatic carbocycles. The van der Waals surface area contributed by atoms with E-state index in [1.165, 1.54) is 318 Å². The van der Waals surface area contributed by atoms with Crippen molar-refractivity contribution in [1.29, 1.82) is 0 Å². The molecule has 0 aliphatic rings. The fourth-order valence-corrected chi connectivity index (χ4v) is 12.5. The van der Waals surface area contributed by atoms with Crippen molar-refractivity contribution >= 4 is 23.6 Å². The largest absolute Gasteiger partial charge is 0.329 e. The van der Waals surface area contributed by atoms with Crippen LogP contribution in [-0.2, 0) is 19.2 Å². The third kappa shape index (κ3) is 60.5. The van der Waals surface area contributed by atoms with Crippen LogP contribution in [0.5, 0.6) is 0 Å². The fourth-order valence-electron chi connectivity index (χ4n) is 12.5. The van der Waals surface area contributed by atoms with Crippen molar-refractivity contribution in [2.24, 2.45) is 5.73 Å². The van der Waals surface area contributed by atoms with E-state index in [1.807, 2.05) is 0 Å². The lowest BCUT2D eigenvalue weighted by Crippen LogP contribution is -2.46. The number of nitrogens with one attached hydrogen (secondary N) is 1. The average Bonchev–Trinajstić information content (AvgIpc) is 3.56. The van der Waals surface area contributed by atoms with Gasteiger partial charge in [-0.2, -0.15) is 0 Å². The Labute approximate surface area is 525 Å². The first kappa shape index (κ1) is 82.2. The zero-order chi connectivity index (χ0) is 61.0. The maximum Gasteiger partial charge on any atom is 0.229 e. The Morgan fingerprint density at radius 1 is 0.226 bits per heavy atom. The monoisotopic (exact) mass is 1180 g/mol. The maximum absolute atomic E-state index is 14.0. The molecule has 0 spiro atoms. The maximum atomic E-state index is 14.0. The lowest BCUT2D eigenvalue weighted by molar-refractivity contribution is -0.150. The second-order valence-electron chi connectivity index (χ2n) is 26.6. The second kappa shape index (κ2) is 70.3. The van der Waals surface area contributed by atoms with Gasteiger partial charge in [-0.3, -0.25) is 29.0 Å². The van der Waals surface area contributed by atoms with Crippen LogP contribution in [0.4, 0.5) is 0 Å². The fraction of sp³-hybridized carbons (Fsp3) is 0.947. The van der Waals surface area contributed by atoms with Crippen LogP contribution in [0.1, 0.15) is 432 Å². The summed E-state index contributed by atoms with van der Waals surface area (Å²) in [6.07, 6.45) is 77.3. The van der Waals surface area contributed by atoms with Crippen LogP contribution in [0, 0.1) is 0 Å². The van der Waals surface area contributed by atoms with E-state index in [2.05, 4.69) is 26.1 Å². The summed E-state index contributed by atoms with van der Waals surface area (Å²) >= 11 is 0. The van der Waals surface area contributed by atoms with Gasteiger partial charge in [-0.1, -0.05) is 374 Å². The minimum atomic E-state index is -0.120. The van der Waals surface area contributed by atoms with Crippen LogP contribution in [0.15, 0.2) is 0 Å². The Balaban J connectivity index is 5.27. The summed E-state index contributed by atoms with van der Waals surface area (Å²) in [5, 5.41) is 3.39. The summed E-state index contributed by atoms with van der Waals surface area (Å²) in [5.74, 6) is -0.477. The molecule has 0 heterocycles. The molecule has 3 N–H and O–H groups in total. The van der Waals surface area contributed by atoms with Gasteiger partial charge in [0.05, 0.1) is 0 Å². The number of unbranched alkanes of at least 4 members (excludes halogenated alkanes) is 56. The third-order valence-electron chi connectivity index (χ3n) is 18.3. The minimum absolute atomic E-state index is 0.119. The number of hydrogen-bond donors (Lipinski definition) is 2. The molecule has 0 aromatic heterocycles. The average molecular weight is 1180 g/mol. The van der Waals surface area contributed by atoms with Crippen molar-refractivity contribution in [1.82, 2.24) is 15.1 Å². The molecule has 0 atom stereocenters. The molecule has 0 unspecified atom stereocenters. The number of imide groups is 2. The summed E-state index contributed by atoms with van der Waals surface area (Å²) in [4.78, 5) is 59.1. The highest BCUT2D eigenvalue weighted by atomic mass is 16.2. The molecule has 0 rings (SSSR count). The van der Waals surface area contributed by atoms with Gasteiger partial charge in [0.1, 0.15) is 0 Å². The Hall–Kier alpha value is -1.80. The smallest absolute Gasteiger partial charge is 0.229 e. The highest BCUT2D eigenvalue weighted by Crippen LogP contribution is 2.20. The van der Waals surface area contributed by atoms with E-state index >= 15 is 0 Å². The molecule has 0 saturated heterocycles. The number of nitrogens with two attached hydrogens (primary N) is 1. The molecule has 84 heavy (non-hydrogen) atoms. The molecule has 0 saturated carbocycles. The summed E-state index contributed by atoms with van der Waals surface area (Å²) < 4.78 is 0. The Kier molecular flexibility index (Phi) is 68.8. The van der Waals surface area contributed by atoms with E-state index in [1.54, 1.807) is 0 Å². The van der Waals surface area contributed by atoms with Crippen molar-refractivity contribution in [2.45, 2.75) is 432 Å². The zero-order valence-electron chi connectivity index (χ0n) is 57.4. The van der Waals surface area contributed by atoms with Crippen LogP contribution in [0.25, 0.3) is 0 Å². The van der Waals surface area contributed by atoms with E-state index in [0.29, 0.717) is 25.7 Å². The highest BCUT2D eigenvalue weighted by Gasteiger charge is 2.26. The van der Waals surface area contributed by atoms with Gasteiger partial charge in [-0.15, -0.1) is 0 Å². The summed E-state index contributed by atoms with van der Waals surface area (Å²) in [6.45, 7) is 9.85. The molecular formula is C76H150N4O4.